The van der Waals surface area contributed by atoms with Gasteiger partial charge in [0.05, 0.1) is 0 Å². The Balaban J connectivity index is 1.78. The topological polar surface area (TPSA) is 20.3 Å². The van der Waals surface area contributed by atoms with Gasteiger partial charge >= 0.3 is 0 Å². The molecule has 0 aromatic heterocycles. The molecule has 17 heavy (non-hydrogen) atoms. The predicted octanol–water partition coefficient (Wildman–Crippen LogP) is 3.06. The molecule has 1 atom stereocenters. The van der Waals surface area contributed by atoms with E-state index in [9.17, 15) is 4.79 Å². The molecule has 0 spiro atoms. The molecule has 2 fully saturated rings. The lowest BCUT2D eigenvalue weighted by molar-refractivity contribution is -0.148. The lowest BCUT2D eigenvalue weighted by atomic mass is 9.88. The molecular weight excluding hydrogens is 278 g/mol. The van der Waals surface area contributed by atoms with Gasteiger partial charge in [0.2, 0.25) is 5.91 Å². The molecule has 1 aliphatic heterocycles. The molecule has 2 aliphatic rings. The minimum absolute atomic E-state index is 0.246. The molecule has 1 saturated heterocycles. The lowest BCUT2D eigenvalue weighted by Crippen LogP contribution is -2.63. The fourth-order valence-electron chi connectivity index (χ4n) is 2.94. The molecule has 3 heteroatoms. The highest BCUT2D eigenvalue weighted by Gasteiger charge is 2.53. The third kappa shape index (κ3) is 1.71. The summed E-state index contributed by atoms with van der Waals surface area (Å²) in [4.78, 5) is 14.4. The third-order valence-electron chi connectivity index (χ3n) is 3.98. The van der Waals surface area contributed by atoms with Gasteiger partial charge in [-0.25, -0.2) is 0 Å². The molecule has 0 bridgehead atoms. The summed E-state index contributed by atoms with van der Waals surface area (Å²) in [5.41, 5.74) is 1.08. The largest absolute Gasteiger partial charge is 0.336 e. The normalized spacial score (nSPS) is 29.5. The summed E-state index contributed by atoms with van der Waals surface area (Å²) in [5.74, 6) is 0.246. The Morgan fingerprint density at radius 1 is 1.18 bits per heavy atom. The van der Waals surface area contributed by atoms with Crippen LogP contribution < -0.4 is 0 Å². The first-order valence-electron chi connectivity index (χ1n) is 6.27. The molecule has 1 heterocycles. The molecule has 1 aromatic carbocycles. The maximum absolute atomic E-state index is 12.4. The highest BCUT2D eigenvalue weighted by atomic mass is 79.9. The second kappa shape index (κ2) is 4.13. The van der Waals surface area contributed by atoms with Crippen molar-refractivity contribution in [3.8, 4) is 0 Å². The molecule has 1 unspecified atom stereocenters. The minimum Gasteiger partial charge on any atom is -0.336 e. The molecule has 0 radical (unpaired) electrons. The van der Waals surface area contributed by atoms with Crippen molar-refractivity contribution in [2.24, 2.45) is 0 Å². The predicted molar refractivity (Wildman–Crippen MR) is 71.0 cm³/mol. The van der Waals surface area contributed by atoms with Gasteiger partial charge in [-0.1, -0.05) is 59.1 Å². The average molecular weight is 294 g/mol. The highest BCUT2D eigenvalue weighted by molar-refractivity contribution is 9.10. The number of benzene rings is 1. The Kier molecular flexibility index (Phi) is 2.74. The van der Waals surface area contributed by atoms with Crippen molar-refractivity contribution in [3.63, 3.8) is 0 Å². The van der Waals surface area contributed by atoms with Crippen molar-refractivity contribution >= 4 is 21.8 Å². The average Bonchev–Trinajstić information content (AvgIpc) is 2.89. The van der Waals surface area contributed by atoms with Gasteiger partial charge in [-0.3, -0.25) is 4.79 Å². The Hall–Kier alpha value is -0.830. The number of alkyl halides is 1. The number of nitrogens with zero attached hydrogens (tertiary/aromatic N) is 1. The van der Waals surface area contributed by atoms with Gasteiger partial charge in [0.15, 0.2) is 0 Å². The van der Waals surface area contributed by atoms with Crippen LogP contribution in [0.1, 0.15) is 31.2 Å². The van der Waals surface area contributed by atoms with Gasteiger partial charge in [-0.05, 0) is 18.4 Å². The summed E-state index contributed by atoms with van der Waals surface area (Å²) in [7, 11) is 0. The Morgan fingerprint density at radius 2 is 1.82 bits per heavy atom. The Morgan fingerprint density at radius 3 is 2.41 bits per heavy atom. The maximum atomic E-state index is 12.4. The summed E-state index contributed by atoms with van der Waals surface area (Å²) >= 11 is 3.64. The molecule has 0 N–H and O–H groups in total. The van der Waals surface area contributed by atoms with Gasteiger partial charge in [0, 0.05) is 12.6 Å². The molecule has 1 aromatic rings. The molecule has 1 aliphatic carbocycles. The van der Waals surface area contributed by atoms with Crippen LogP contribution >= 0.6 is 15.9 Å². The van der Waals surface area contributed by atoms with E-state index in [-0.39, 0.29) is 5.91 Å². The number of β-lactam (4-membered cyclic amide) rings is 1. The number of hydrogen-bond acceptors (Lipinski definition) is 1. The number of carbonyl (C=O) groups excluding carboxylic acids is 1. The van der Waals surface area contributed by atoms with Crippen LogP contribution in [-0.2, 0) is 9.12 Å². The fraction of sp³-hybridized carbons (Fsp3) is 0.500. The van der Waals surface area contributed by atoms with E-state index in [1.54, 1.807) is 0 Å². The van der Waals surface area contributed by atoms with Crippen molar-refractivity contribution in [1.82, 2.24) is 4.90 Å². The first-order chi connectivity index (χ1) is 8.22. The number of amides is 1. The van der Waals surface area contributed by atoms with Crippen molar-refractivity contribution in [2.75, 3.05) is 6.54 Å². The van der Waals surface area contributed by atoms with Gasteiger partial charge in [-0.15, -0.1) is 0 Å². The number of rotatable bonds is 2. The molecule has 1 amide bonds. The van der Waals surface area contributed by atoms with Crippen molar-refractivity contribution in [3.05, 3.63) is 35.9 Å². The van der Waals surface area contributed by atoms with E-state index in [1.807, 2.05) is 30.3 Å². The van der Waals surface area contributed by atoms with Gasteiger partial charge < -0.3 is 4.90 Å². The molecule has 1 saturated carbocycles. The van der Waals surface area contributed by atoms with Crippen LogP contribution in [0.5, 0.6) is 0 Å². The summed E-state index contributed by atoms with van der Waals surface area (Å²) in [6, 6.07) is 10.5. The van der Waals surface area contributed by atoms with Crippen molar-refractivity contribution < 1.29 is 4.79 Å². The second-order valence-corrected chi connectivity index (χ2v) is 6.39. The zero-order valence-electron chi connectivity index (χ0n) is 9.73. The fourth-order valence-corrected chi connectivity index (χ4v) is 3.70. The van der Waals surface area contributed by atoms with Gasteiger partial charge in [0.1, 0.15) is 4.32 Å². The minimum atomic E-state index is -0.448. The summed E-state index contributed by atoms with van der Waals surface area (Å²) < 4.78 is -0.448. The van der Waals surface area contributed by atoms with E-state index in [0.29, 0.717) is 6.04 Å². The summed E-state index contributed by atoms with van der Waals surface area (Å²) in [6.45, 7) is 0.820. The second-order valence-electron chi connectivity index (χ2n) is 5.04. The first kappa shape index (κ1) is 11.3. The van der Waals surface area contributed by atoms with Crippen LogP contribution in [0.15, 0.2) is 30.3 Å². The molecule has 90 valence electrons. The summed E-state index contributed by atoms with van der Waals surface area (Å²) in [6.07, 6.45) is 4.91. The lowest BCUT2D eigenvalue weighted by Gasteiger charge is -2.48. The van der Waals surface area contributed by atoms with Crippen LogP contribution in [0, 0.1) is 0 Å². The third-order valence-corrected chi connectivity index (χ3v) is 5.03. The number of likely N-dealkylation sites (tertiary alicyclic amines) is 1. The van der Waals surface area contributed by atoms with E-state index >= 15 is 0 Å². The van der Waals surface area contributed by atoms with E-state index < -0.39 is 4.32 Å². The zero-order chi connectivity index (χ0) is 11.9. The Bertz CT molecular complexity index is 427. The number of hydrogen-bond donors (Lipinski definition) is 0. The SMILES string of the molecule is O=C1N(C2CCCC2)CC1(Br)c1ccccc1. The van der Waals surface area contributed by atoms with Crippen LogP contribution in [0.4, 0.5) is 0 Å². The highest BCUT2D eigenvalue weighted by Crippen LogP contribution is 2.44. The number of carbonyl (C=O) groups is 1. The van der Waals surface area contributed by atoms with Gasteiger partial charge in [-0.2, -0.15) is 0 Å². The van der Waals surface area contributed by atoms with Crippen LogP contribution in [0.2, 0.25) is 0 Å². The zero-order valence-corrected chi connectivity index (χ0v) is 11.3. The van der Waals surface area contributed by atoms with E-state index in [2.05, 4.69) is 20.8 Å². The van der Waals surface area contributed by atoms with Crippen molar-refractivity contribution in [2.45, 2.75) is 36.0 Å². The van der Waals surface area contributed by atoms with Crippen molar-refractivity contribution in [1.29, 1.82) is 0 Å². The first-order valence-corrected chi connectivity index (χ1v) is 7.06. The quantitative estimate of drug-likeness (QED) is 0.606. The number of halogens is 1. The van der Waals surface area contributed by atoms with Crippen LogP contribution in [0.3, 0.4) is 0 Å². The van der Waals surface area contributed by atoms with E-state index in [4.69, 9.17) is 0 Å². The smallest absolute Gasteiger partial charge is 0.246 e. The molecule has 3 rings (SSSR count). The van der Waals surface area contributed by atoms with E-state index in [0.717, 1.165) is 12.1 Å². The van der Waals surface area contributed by atoms with Crippen LogP contribution in [0.25, 0.3) is 0 Å². The Labute approximate surface area is 110 Å². The standard InChI is InChI=1S/C14H16BrNO/c15-14(11-6-2-1-3-7-11)10-16(13(14)17)12-8-4-5-9-12/h1-3,6-7,12H,4-5,8-10H2. The molecule has 2 nitrogen and oxygen atoms in total. The summed E-state index contributed by atoms with van der Waals surface area (Å²) in [5, 5.41) is 0. The van der Waals surface area contributed by atoms with E-state index in [1.165, 1.54) is 25.7 Å². The van der Waals surface area contributed by atoms with Crippen LogP contribution in [-0.4, -0.2) is 23.4 Å². The molecular formula is C14H16BrNO. The monoisotopic (exact) mass is 293 g/mol. The van der Waals surface area contributed by atoms with Gasteiger partial charge in [0.25, 0.3) is 0 Å². The maximum Gasteiger partial charge on any atom is 0.246 e.